The van der Waals surface area contributed by atoms with Crippen molar-refractivity contribution in [1.82, 2.24) is 20.6 Å². The molecule has 0 spiro atoms. The third kappa shape index (κ3) is 5.70. The molecule has 0 saturated carbocycles. The highest BCUT2D eigenvalue weighted by Gasteiger charge is 2.29. The lowest BCUT2D eigenvalue weighted by molar-refractivity contribution is -0.139. The van der Waals surface area contributed by atoms with E-state index in [0.717, 1.165) is 28.6 Å². The second-order valence-corrected chi connectivity index (χ2v) is 9.25. The van der Waals surface area contributed by atoms with Crippen molar-refractivity contribution in [2.75, 3.05) is 0 Å². The van der Waals surface area contributed by atoms with Gasteiger partial charge in [-0.1, -0.05) is 78.9 Å². The summed E-state index contributed by atoms with van der Waals surface area (Å²) in [5, 5.41) is 15.0. The Morgan fingerprint density at radius 2 is 1.60 bits per heavy atom. The molecule has 1 aromatic heterocycles. The number of hydrogen-bond acceptors (Lipinski definition) is 6. The van der Waals surface area contributed by atoms with Crippen LogP contribution < -0.4 is 16.2 Å². The lowest BCUT2D eigenvalue weighted by atomic mass is 9.89. The summed E-state index contributed by atoms with van der Waals surface area (Å²) in [7, 11) is 0. The summed E-state index contributed by atoms with van der Waals surface area (Å²) in [5.41, 5.74) is 2.05. The van der Waals surface area contributed by atoms with Crippen LogP contribution in [-0.2, 0) is 4.79 Å². The average Bonchev–Trinajstić information content (AvgIpc) is 3.39. The Balaban J connectivity index is 1.29. The van der Waals surface area contributed by atoms with E-state index in [0.29, 0.717) is 0 Å². The topological polar surface area (TPSA) is 154 Å². The van der Waals surface area contributed by atoms with Crippen LogP contribution in [0.15, 0.2) is 113 Å². The minimum Gasteiger partial charge on any atom is -0.480 e. The number of benzene rings is 2. The molecular formula is C30H25N5O5. The van der Waals surface area contributed by atoms with Crippen LogP contribution in [0, 0.1) is 5.92 Å². The molecule has 10 heteroatoms. The molecular weight excluding hydrogens is 510 g/mol. The number of amides is 2. The molecule has 1 unspecified atom stereocenters. The van der Waals surface area contributed by atoms with Crippen molar-refractivity contribution >= 4 is 23.5 Å². The standard InChI is InChI=1S/C30H25N5O5/c36-27(34-25(18-9-3-1-4-10-18)19-11-5-2-6-12-19)22-17-32-26(35-28(22)37)29(38)33-24(30(39)40)15-20-16-31-23-14-8-7-13-21(20)23/h1-14,16-17,21,24-25H,15H2,(H,33,38)(H,34,36)(H,39,40)(H,32,35,37)/t21?,24-/m0/s1. The molecule has 10 nitrogen and oxygen atoms in total. The third-order valence-corrected chi connectivity index (χ3v) is 6.62. The van der Waals surface area contributed by atoms with Crippen molar-refractivity contribution in [2.24, 2.45) is 10.9 Å². The normalized spacial score (nSPS) is 16.1. The largest absolute Gasteiger partial charge is 0.480 e. The Morgan fingerprint density at radius 1 is 0.925 bits per heavy atom. The van der Waals surface area contributed by atoms with Crippen molar-refractivity contribution < 1.29 is 19.5 Å². The maximum atomic E-state index is 13.1. The highest BCUT2D eigenvalue weighted by molar-refractivity contribution is 6.03. The van der Waals surface area contributed by atoms with Crippen molar-refractivity contribution in [2.45, 2.75) is 18.5 Å². The van der Waals surface area contributed by atoms with Gasteiger partial charge in [0.15, 0.2) is 5.82 Å². The fourth-order valence-corrected chi connectivity index (χ4v) is 4.58. The summed E-state index contributed by atoms with van der Waals surface area (Å²) in [6.07, 6.45) is 10.1. The van der Waals surface area contributed by atoms with E-state index in [4.69, 9.17) is 0 Å². The predicted molar refractivity (Wildman–Crippen MR) is 148 cm³/mol. The van der Waals surface area contributed by atoms with Crippen LogP contribution in [0.2, 0.25) is 0 Å². The molecule has 40 heavy (non-hydrogen) atoms. The summed E-state index contributed by atoms with van der Waals surface area (Å²) < 4.78 is 0. The maximum absolute atomic E-state index is 13.1. The average molecular weight is 536 g/mol. The number of aromatic nitrogens is 2. The number of hydrogen-bond donors (Lipinski definition) is 4. The van der Waals surface area contributed by atoms with Crippen LogP contribution in [0.4, 0.5) is 0 Å². The molecule has 200 valence electrons. The van der Waals surface area contributed by atoms with Gasteiger partial charge in [0.25, 0.3) is 17.4 Å². The zero-order valence-electron chi connectivity index (χ0n) is 21.2. The lowest BCUT2D eigenvalue weighted by Gasteiger charge is -2.20. The molecule has 1 aliphatic heterocycles. The van der Waals surface area contributed by atoms with Crippen molar-refractivity contribution in [3.05, 3.63) is 136 Å². The Labute approximate surface area is 228 Å². The number of carboxylic acids is 1. The van der Waals surface area contributed by atoms with Crippen LogP contribution in [0.5, 0.6) is 0 Å². The predicted octanol–water partition coefficient (Wildman–Crippen LogP) is 2.94. The number of nitrogens with zero attached hydrogens (tertiary/aromatic N) is 2. The van der Waals surface area contributed by atoms with Gasteiger partial charge in [0.1, 0.15) is 11.6 Å². The van der Waals surface area contributed by atoms with Crippen molar-refractivity contribution in [3.8, 4) is 0 Å². The molecule has 0 saturated heterocycles. The van der Waals surface area contributed by atoms with Crippen molar-refractivity contribution in [3.63, 3.8) is 0 Å². The number of carbonyl (C=O) groups excluding carboxylic acids is 2. The molecule has 3 aromatic rings. The number of nitrogens with one attached hydrogen (secondary N) is 3. The van der Waals surface area contributed by atoms with Gasteiger partial charge in [-0.15, -0.1) is 0 Å². The first-order chi connectivity index (χ1) is 19.4. The number of H-pyrrole nitrogens is 1. The van der Waals surface area contributed by atoms with Gasteiger partial charge < -0.3 is 20.7 Å². The number of allylic oxidation sites excluding steroid dienone is 4. The molecule has 4 N–H and O–H groups in total. The fraction of sp³-hybridized carbons (Fsp3) is 0.133. The van der Waals surface area contributed by atoms with Gasteiger partial charge in [-0.05, 0) is 22.8 Å². The van der Waals surface area contributed by atoms with Gasteiger partial charge in [0.2, 0.25) is 0 Å². The van der Waals surface area contributed by atoms with Crippen LogP contribution in [-0.4, -0.2) is 44.6 Å². The van der Waals surface area contributed by atoms with Gasteiger partial charge in [-0.25, -0.2) is 9.78 Å². The van der Waals surface area contributed by atoms with Crippen LogP contribution in [0.25, 0.3) is 0 Å². The number of aliphatic carboxylic acids is 1. The summed E-state index contributed by atoms with van der Waals surface area (Å²) in [6, 6.07) is 16.8. The number of rotatable bonds is 9. The van der Waals surface area contributed by atoms with Crippen LogP contribution in [0.3, 0.4) is 0 Å². The molecule has 0 bridgehead atoms. The first-order valence-electron chi connectivity index (χ1n) is 12.6. The Hall–Kier alpha value is -5.38. The number of carboxylic acid groups (broad SMARTS) is 1. The maximum Gasteiger partial charge on any atom is 0.326 e. The first-order valence-corrected chi connectivity index (χ1v) is 12.6. The van der Waals surface area contributed by atoms with E-state index < -0.39 is 41.3 Å². The van der Waals surface area contributed by atoms with E-state index in [1.165, 1.54) is 0 Å². The summed E-state index contributed by atoms with van der Waals surface area (Å²) in [6.45, 7) is 0. The molecule has 1 aliphatic carbocycles. The third-order valence-electron chi connectivity index (χ3n) is 6.62. The highest BCUT2D eigenvalue weighted by Crippen LogP contribution is 2.28. The highest BCUT2D eigenvalue weighted by atomic mass is 16.4. The zero-order chi connectivity index (χ0) is 28.1. The number of carbonyl (C=O) groups is 3. The molecule has 5 rings (SSSR count). The molecule has 2 atom stereocenters. The van der Waals surface area contributed by atoms with E-state index in [9.17, 15) is 24.3 Å². The van der Waals surface area contributed by atoms with E-state index >= 15 is 0 Å². The monoisotopic (exact) mass is 535 g/mol. The second kappa shape index (κ2) is 11.6. The van der Waals surface area contributed by atoms with Gasteiger partial charge >= 0.3 is 5.97 Å². The van der Waals surface area contributed by atoms with Crippen LogP contribution >= 0.6 is 0 Å². The molecule has 0 radical (unpaired) electrons. The van der Waals surface area contributed by atoms with E-state index in [1.807, 2.05) is 85.0 Å². The molecule has 2 aromatic carbocycles. The Kier molecular flexibility index (Phi) is 7.58. The Bertz CT molecular complexity index is 1580. The molecule has 2 amide bonds. The van der Waals surface area contributed by atoms with Gasteiger partial charge in [0, 0.05) is 24.7 Å². The van der Waals surface area contributed by atoms with Gasteiger partial charge in [-0.3, -0.25) is 19.4 Å². The van der Waals surface area contributed by atoms with E-state index in [-0.39, 0.29) is 17.9 Å². The minimum absolute atomic E-state index is 0.0159. The SMILES string of the molecule is O=C(N[C@@H](CC1=CN=C2C=CC=CC12)C(=O)O)c1ncc(C(=O)NC(c2ccccc2)c2ccccc2)c(=O)[nH]1. The summed E-state index contributed by atoms with van der Waals surface area (Å²) in [5.74, 6) is -3.37. The van der Waals surface area contributed by atoms with Crippen molar-refractivity contribution in [1.29, 1.82) is 0 Å². The number of fused-ring (bicyclic) bond motifs is 1. The van der Waals surface area contributed by atoms with E-state index in [1.54, 1.807) is 6.20 Å². The lowest BCUT2D eigenvalue weighted by Crippen LogP contribution is -2.43. The smallest absolute Gasteiger partial charge is 0.326 e. The van der Waals surface area contributed by atoms with Crippen LogP contribution in [0.1, 0.15) is 44.6 Å². The fourth-order valence-electron chi connectivity index (χ4n) is 4.58. The summed E-state index contributed by atoms with van der Waals surface area (Å²) >= 11 is 0. The number of aromatic amines is 1. The quantitative estimate of drug-likeness (QED) is 0.330. The Morgan fingerprint density at radius 3 is 2.23 bits per heavy atom. The molecule has 0 fully saturated rings. The first kappa shape index (κ1) is 26.2. The molecule has 2 aliphatic rings. The zero-order valence-corrected chi connectivity index (χ0v) is 21.2. The van der Waals surface area contributed by atoms with Gasteiger partial charge in [0.05, 0.1) is 11.8 Å². The second-order valence-electron chi connectivity index (χ2n) is 9.25. The van der Waals surface area contributed by atoms with E-state index in [2.05, 4.69) is 25.6 Å². The van der Waals surface area contributed by atoms with Gasteiger partial charge in [-0.2, -0.15) is 0 Å². The minimum atomic E-state index is -1.28. The molecule has 2 heterocycles. The summed E-state index contributed by atoms with van der Waals surface area (Å²) in [4.78, 5) is 61.2. The number of aliphatic imine (C=N–C) groups is 1.